The van der Waals surface area contributed by atoms with Gasteiger partial charge in [0.25, 0.3) is 0 Å². The van der Waals surface area contributed by atoms with Crippen LogP contribution in [0.5, 0.6) is 0 Å². The van der Waals surface area contributed by atoms with E-state index in [1.165, 1.54) is 5.56 Å². The molecule has 0 aromatic heterocycles. The molecule has 1 aliphatic rings. The molecule has 0 saturated carbocycles. The predicted molar refractivity (Wildman–Crippen MR) is 72.7 cm³/mol. The maximum Gasteiger partial charge on any atom is 0.246 e. The number of nitrogens with one attached hydrogen (secondary N) is 1. The van der Waals surface area contributed by atoms with Gasteiger partial charge in [0.1, 0.15) is 6.61 Å². The highest BCUT2D eigenvalue weighted by Gasteiger charge is 2.29. The predicted octanol–water partition coefficient (Wildman–Crippen LogP) is 1.44. The van der Waals surface area contributed by atoms with Crippen molar-refractivity contribution in [3.63, 3.8) is 0 Å². The molecule has 0 saturated heterocycles. The summed E-state index contributed by atoms with van der Waals surface area (Å²) in [6.45, 7) is 2.55. The zero-order chi connectivity index (χ0) is 13.7. The van der Waals surface area contributed by atoms with Gasteiger partial charge in [0.2, 0.25) is 5.91 Å². The fraction of sp³-hybridized carbons (Fsp3) is 0.533. The first-order valence-corrected chi connectivity index (χ1v) is 6.82. The second-order valence-electron chi connectivity index (χ2n) is 4.86. The van der Waals surface area contributed by atoms with Crippen LogP contribution in [0.3, 0.4) is 0 Å². The third-order valence-electron chi connectivity index (χ3n) is 3.63. The van der Waals surface area contributed by atoms with Crippen LogP contribution in [-0.4, -0.2) is 30.8 Å². The molecule has 0 spiro atoms. The minimum Gasteiger partial charge on any atom is -0.396 e. The van der Waals surface area contributed by atoms with Gasteiger partial charge in [0, 0.05) is 19.1 Å². The first kappa shape index (κ1) is 14.0. The Balaban J connectivity index is 2.13. The van der Waals surface area contributed by atoms with E-state index in [0.29, 0.717) is 6.61 Å². The van der Waals surface area contributed by atoms with Crippen LogP contribution in [0.1, 0.15) is 30.5 Å². The van der Waals surface area contributed by atoms with Gasteiger partial charge in [-0.1, -0.05) is 24.3 Å². The van der Waals surface area contributed by atoms with Crippen LogP contribution in [0.4, 0.5) is 0 Å². The van der Waals surface area contributed by atoms with Crippen LogP contribution in [-0.2, 0) is 16.0 Å². The zero-order valence-corrected chi connectivity index (χ0v) is 11.3. The smallest absolute Gasteiger partial charge is 0.246 e. The van der Waals surface area contributed by atoms with Gasteiger partial charge < -0.3 is 15.2 Å². The van der Waals surface area contributed by atoms with E-state index in [1.54, 1.807) is 0 Å². The van der Waals surface area contributed by atoms with Gasteiger partial charge in [0.15, 0.2) is 0 Å². The maximum absolute atomic E-state index is 11.8. The van der Waals surface area contributed by atoms with Crippen LogP contribution < -0.4 is 5.32 Å². The first-order valence-electron chi connectivity index (χ1n) is 6.82. The number of fused-ring (bicyclic) bond motifs is 1. The van der Waals surface area contributed by atoms with E-state index in [4.69, 9.17) is 4.74 Å². The molecule has 1 amide bonds. The van der Waals surface area contributed by atoms with Crippen molar-refractivity contribution in [2.24, 2.45) is 5.92 Å². The minimum atomic E-state index is -0.123. The molecule has 0 fully saturated rings. The van der Waals surface area contributed by atoms with Crippen molar-refractivity contribution in [3.8, 4) is 0 Å². The molecule has 0 bridgehead atoms. The molecule has 4 heteroatoms. The number of aliphatic hydroxyl groups excluding tert-OH is 1. The van der Waals surface area contributed by atoms with E-state index in [0.717, 1.165) is 18.4 Å². The largest absolute Gasteiger partial charge is 0.396 e. The summed E-state index contributed by atoms with van der Waals surface area (Å²) in [6.07, 6.45) is 1.85. The Morgan fingerprint density at radius 1 is 1.47 bits per heavy atom. The summed E-state index contributed by atoms with van der Waals surface area (Å²) >= 11 is 0. The number of hydrogen-bond donors (Lipinski definition) is 2. The summed E-state index contributed by atoms with van der Waals surface area (Å²) in [5.41, 5.74) is 2.38. The number of aliphatic hydroxyl groups is 1. The van der Waals surface area contributed by atoms with Crippen LogP contribution in [0.2, 0.25) is 0 Å². The monoisotopic (exact) mass is 263 g/mol. The highest BCUT2D eigenvalue weighted by molar-refractivity contribution is 5.77. The van der Waals surface area contributed by atoms with Crippen LogP contribution >= 0.6 is 0 Å². The number of aryl methyl sites for hydroxylation is 1. The maximum atomic E-state index is 11.8. The van der Waals surface area contributed by atoms with E-state index < -0.39 is 0 Å². The SMILES string of the molecule is CCOCC(=O)NC1c2ccccc2CCC1CO. The van der Waals surface area contributed by atoms with Gasteiger partial charge in [0.05, 0.1) is 6.04 Å². The minimum absolute atomic E-state index is 0.0767. The molecule has 4 nitrogen and oxygen atoms in total. The fourth-order valence-electron chi connectivity index (χ4n) is 2.63. The number of rotatable bonds is 5. The topological polar surface area (TPSA) is 58.6 Å². The van der Waals surface area contributed by atoms with Gasteiger partial charge in [-0.3, -0.25) is 4.79 Å². The highest BCUT2D eigenvalue weighted by atomic mass is 16.5. The number of carbonyl (C=O) groups is 1. The number of ether oxygens (including phenoxy) is 1. The Bertz CT molecular complexity index is 433. The summed E-state index contributed by atoms with van der Waals surface area (Å²) in [5.74, 6) is -0.0394. The molecule has 2 unspecified atom stereocenters. The molecule has 2 N–H and O–H groups in total. The number of benzene rings is 1. The molecule has 0 radical (unpaired) electrons. The zero-order valence-electron chi connectivity index (χ0n) is 11.3. The average Bonchev–Trinajstić information content (AvgIpc) is 2.45. The molecular formula is C15H21NO3. The molecule has 104 valence electrons. The Morgan fingerprint density at radius 3 is 3.00 bits per heavy atom. The molecule has 19 heavy (non-hydrogen) atoms. The summed E-state index contributed by atoms with van der Waals surface area (Å²) in [6, 6.07) is 7.99. The Hall–Kier alpha value is -1.39. The van der Waals surface area contributed by atoms with E-state index >= 15 is 0 Å². The normalized spacial score (nSPS) is 21.8. The van der Waals surface area contributed by atoms with Gasteiger partial charge in [-0.25, -0.2) is 0 Å². The number of amides is 1. The van der Waals surface area contributed by atoms with Crippen molar-refractivity contribution < 1.29 is 14.6 Å². The number of hydrogen-bond acceptors (Lipinski definition) is 3. The molecule has 2 rings (SSSR count). The van der Waals surface area contributed by atoms with Crippen LogP contribution in [0.15, 0.2) is 24.3 Å². The molecular weight excluding hydrogens is 242 g/mol. The Labute approximate surface area is 113 Å². The first-order chi connectivity index (χ1) is 9.26. The summed E-state index contributed by atoms with van der Waals surface area (Å²) < 4.78 is 5.12. The lowest BCUT2D eigenvalue weighted by atomic mass is 9.80. The lowest BCUT2D eigenvalue weighted by molar-refractivity contribution is -0.126. The van der Waals surface area contributed by atoms with Crippen molar-refractivity contribution in [2.75, 3.05) is 19.8 Å². The fourth-order valence-corrected chi connectivity index (χ4v) is 2.63. The lowest BCUT2D eigenvalue weighted by Gasteiger charge is -2.33. The molecule has 1 aromatic rings. The highest BCUT2D eigenvalue weighted by Crippen LogP contribution is 2.33. The van der Waals surface area contributed by atoms with Crippen LogP contribution in [0.25, 0.3) is 0 Å². The summed E-state index contributed by atoms with van der Waals surface area (Å²) in [4.78, 5) is 11.8. The molecule has 2 atom stereocenters. The molecule has 0 aliphatic heterocycles. The van der Waals surface area contributed by atoms with E-state index in [1.807, 2.05) is 25.1 Å². The molecule has 0 heterocycles. The molecule has 1 aliphatic carbocycles. The van der Waals surface area contributed by atoms with E-state index in [2.05, 4.69) is 11.4 Å². The summed E-state index contributed by atoms with van der Waals surface area (Å²) in [5, 5.41) is 12.5. The average molecular weight is 263 g/mol. The van der Waals surface area contributed by atoms with Crippen molar-refractivity contribution in [1.82, 2.24) is 5.32 Å². The van der Waals surface area contributed by atoms with Gasteiger partial charge in [-0.05, 0) is 30.9 Å². The van der Waals surface area contributed by atoms with Gasteiger partial charge in [-0.15, -0.1) is 0 Å². The second kappa shape index (κ2) is 6.68. The van der Waals surface area contributed by atoms with E-state index in [-0.39, 0.29) is 31.1 Å². The Kier molecular flexibility index (Phi) is 4.93. The Morgan fingerprint density at radius 2 is 2.26 bits per heavy atom. The second-order valence-corrected chi connectivity index (χ2v) is 4.86. The van der Waals surface area contributed by atoms with Crippen molar-refractivity contribution in [2.45, 2.75) is 25.8 Å². The number of carbonyl (C=O) groups excluding carboxylic acids is 1. The third kappa shape index (κ3) is 3.33. The standard InChI is InChI=1S/C15H21NO3/c1-2-19-10-14(18)16-15-12(9-17)8-7-11-5-3-4-6-13(11)15/h3-6,12,15,17H,2,7-10H2,1H3,(H,16,18). The quantitative estimate of drug-likeness (QED) is 0.845. The van der Waals surface area contributed by atoms with Crippen LogP contribution in [0, 0.1) is 5.92 Å². The van der Waals surface area contributed by atoms with E-state index in [9.17, 15) is 9.90 Å². The van der Waals surface area contributed by atoms with Gasteiger partial charge in [-0.2, -0.15) is 0 Å². The lowest BCUT2D eigenvalue weighted by Crippen LogP contribution is -2.39. The van der Waals surface area contributed by atoms with Gasteiger partial charge >= 0.3 is 0 Å². The molecule has 1 aromatic carbocycles. The third-order valence-corrected chi connectivity index (χ3v) is 3.63. The summed E-state index contributed by atoms with van der Waals surface area (Å²) in [7, 11) is 0. The van der Waals surface area contributed by atoms with Crippen molar-refractivity contribution >= 4 is 5.91 Å². The van der Waals surface area contributed by atoms with Crippen molar-refractivity contribution in [1.29, 1.82) is 0 Å². The van der Waals surface area contributed by atoms with Crippen molar-refractivity contribution in [3.05, 3.63) is 35.4 Å².